The van der Waals surface area contributed by atoms with Gasteiger partial charge in [-0.3, -0.25) is 24.0 Å². The maximum atomic E-state index is 14.2. The van der Waals surface area contributed by atoms with Gasteiger partial charge in [0.25, 0.3) is 0 Å². The van der Waals surface area contributed by atoms with Crippen LogP contribution in [0, 0.1) is 0 Å². The number of carbonyl (C=O) groups excluding carboxylic acids is 5. The lowest BCUT2D eigenvalue weighted by Crippen LogP contribution is -2.66. The fourth-order valence-electron chi connectivity index (χ4n) is 13.1. The van der Waals surface area contributed by atoms with E-state index in [0.717, 1.165) is 30.5 Å². The largest absolute Gasteiger partial charge is 0.456 e. The van der Waals surface area contributed by atoms with Crippen molar-refractivity contribution in [2.45, 2.75) is 106 Å². The predicted octanol–water partition coefficient (Wildman–Crippen LogP) is 12.5. The summed E-state index contributed by atoms with van der Waals surface area (Å²) in [5.41, 5.74) is 1.86. The lowest BCUT2D eigenvalue weighted by molar-refractivity contribution is -0.390. The normalized spacial score (nSPS) is 21.1. The van der Waals surface area contributed by atoms with Gasteiger partial charge in [-0.2, -0.15) is 0 Å². The molecule has 2 fully saturated rings. The topological polar surface area (TPSA) is 187 Å². The van der Waals surface area contributed by atoms with Gasteiger partial charge in [0.15, 0.2) is 30.5 Å². The number of benzene rings is 9. The summed E-state index contributed by atoms with van der Waals surface area (Å²) in [4.78, 5) is 69.3. The number of esters is 5. The van der Waals surface area contributed by atoms with Gasteiger partial charge in [0.2, 0.25) is 12.1 Å². The van der Waals surface area contributed by atoms with Crippen LogP contribution in [0.4, 0.5) is 0 Å². The molecule has 0 spiro atoms. The predicted molar refractivity (Wildman–Crippen MR) is 351 cm³/mol. The minimum atomic E-state index is -2.55. The molecule has 2 heterocycles. The molecule has 0 radical (unpaired) electrons. The third-order valence-electron chi connectivity index (χ3n) is 16.9. The zero-order valence-corrected chi connectivity index (χ0v) is 53.3. The van der Waals surface area contributed by atoms with Crippen molar-refractivity contribution in [3.63, 3.8) is 0 Å². The molecule has 486 valence electrons. The first-order valence-electron chi connectivity index (χ1n) is 31.5. The Morgan fingerprint density at radius 3 is 0.863 bits per heavy atom. The standard InChI is InChI=1S/C79H74O16/c1-54(80)88-70-68(51-85-77(59-33-15-6-16-34-59,60-35-17-7-18-36-60)61-37-19-8-20-38-61)93-75(73(91-57(4)83)72(70)90-56(3)82)95-76(53-87-79(65-45-27-12-28-46-65,66-47-29-13-30-48-66)67-49-31-14-32-50-67)74(92-58(5)84)71(89-55(2)81)69(94-76)52-86-78(62-39-21-9-22-40-62,63-41-23-10-24-42-63)64-43-25-11-26-44-64/h6-50,68-75H,51-53H2,1-5H3/t68?,69-,70?,71+,72?,73?,74-,75?,76+/m1/s1. The molecule has 2 aliphatic heterocycles. The molecule has 9 aromatic rings. The molecule has 0 saturated carbocycles. The highest BCUT2D eigenvalue weighted by molar-refractivity contribution is 5.69. The van der Waals surface area contributed by atoms with Crippen LogP contribution >= 0.6 is 0 Å². The van der Waals surface area contributed by atoms with Crippen molar-refractivity contribution in [1.29, 1.82) is 0 Å². The summed E-state index contributed by atoms with van der Waals surface area (Å²) in [6.07, 6.45) is -13.4. The number of carbonyl (C=O) groups is 5. The summed E-state index contributed by atoms with van der Waals surface area (Å²) in [6.45, 7) is 4.25. The van der Waals surface area contributed by atoms with E-state index in [0.29, 0.717) is 33.4 Å². The molecule has 9 atom stereocenters. The lowest BCUT2D eigenvalue weighted by Gasteiger charge is -2.48. The first kappa shape index (κ1) is 66.5. The molecule has 16 nitrogen and oxygen atoms in total. The lowest BCUT2D eigenvalue weighted by atomic mass is 9.80. The first-order chi connectivity index (χ1) is 46.2. The molecule has 0 N–H and O–H groups in total. The Morgan fingerprint density at radius 1 is 0.316 bits per heavy atom. The summed E-state index contributed by atoms with van der Waals surface area (Å²) in [5.74, 6) is -6.79. The van der Waals surface area contributed by atoms with Gasteiger partial charge in [0.1, 0.15) is 35.6 Å². The summed E-state index contributed by atoms with van der Waals surface area (Å²) in [5, 5.41) is 0. The maximum Gasteiger partial charge on any atom is 0.303 e. The molecule has 11 rings (SSSR count). The first-order valence-corrected chi connectivity index (χ1v) is 31.5. The van der Waals surface area contributed by atoms with Crippen molar-refractivity contribution in [3.8, 4) is 0 Å². The van der Waals surface area contributed by atoms with Crippen molar-refractivity contribution >= 4 is 29.8 Å². The quantitative estimate of drug-likeness (QED) is 0.0298. The number of hydrogen-bond acceptors (Lipinski definition) is 16. The van der Waals surface area contributed by atoms with Crippen molar-refractivity contribution in [3.05, 3.63) is 323 Å². The van der Waals surface area contributed by atoms with Crippen molar-refractivity contribution in [2.24, 2.45) is 0 Å². The Balaban J connectivity index is 1.12. The van der Waals surface area contributed by atoms with E-state index in [4.69, 9.17) is 52.1 Å². The van der Waals surface area contributed by atoms with Gasteiger partial charge in [-0.25, -0.2) is 0 Å². The molecule has 9 aromatic carbocycles. The minimum Gasteiger partial charge on any atom is -0.456 e. The van der Waals surface area contributed by atoms with E-state index < -0.39 is 121 Å². The maximum absolute atomic E-state index is 14.2. The highest BCUT2D eigenvalue weighted by atomic mass is 16.8. The Hall–Kier alpha value is -9.91. The monoisotopic (exact) mass is 1280 g/mol. The van der Waals surface area contributed by atoms with E-state index in [-0.39, 0.29) is 0 Å². The van der Waals surface area contributed by atoms with Crippen LogP contribution < -0.4 is 0 Å². The molecule has 16 heteroatoms. The second-order valence-electron chi connectivity index (χ2n) is 23.2. The number of rotatable bonds is 25. The van der Waals surface area contributed by atoms with Gasteiger partial charge < -0.3 is 52.1 Å². The molecule has 0 amide bonds. The van der Waals surface area contributed by atoms with E-state index >= 15 is 0 Å². The van der Waals surface area contributed by atoms with Crippen molar-refractivity contribution in [2.75, 3.05) is 19.8 Å². The van der Waals surface area contributed by atoms with Crippen LogP contribution in [0.2, 0.25) is 0 Å². The zero-order valence-electron chi connectivity index (χ0n) is 53.3. The van der Waals surface area contributed by atoms with Crippen LogP contribution in [-0.2, 0) is 92.9 Å². The van der Waals surface area contributed by atoms with Gasteiger partial charge in [-0.1, -0.05) is 273 Å². The average molecular weight is 1280 g/mol. The van der Waals surface area contributed by atoms with E-state index in [9.17, 15) is 24.0 Å². The molecule has 5 unspecified atom stereocenters. The van der Waals surface area contributed by atoms with Gasteiger partial charge in [-0.05, 0) is 50.1 Å². The molecular weight excluding hydrogens is 1200 g/mol. The highest BCUT2D eigenvalue weighted by Crippen LogP contribution is 2.49. The van der Waals surface area contributed by atoms with E-state index in [1.165, 1.54) is 20.8 Å². The van der Waals surface area contributed by atoms with E-state index in [1.54, 1.807) is 0 Å². The van der Waals surface area contributed by atoms with Gasteiger partial charge in [0, 0.05) is 34.6 Å². The Bertz CT molecular complexity index is 3670. The summed E-state index contributed by atoms with van der Waals surface area (Å²) in [6, 6.07) is 85.7. The van der Waals surface area contributed by atoms with Crippen molar-refractivity contribution < 1.29 is 76.1 Å². The molecular formula is C79H74O16. The van der Waals surface area contributed by atoms with E-state index in [1.807, 2.05) is 273 Å². The minimum absolute atomic E-state index is 0.415. The third kappa shape index (κ3) is 14.3. The molecule has 2 aliphatic rings. The Labute approximate surface area is 552 Å². The van der Waals surface area contributed by atoms with Crippen molar-refractivity contribution in [1.82, 2.24) is 0 Å². The molecule has 0 bridgehead atoms. The fourth-order valence-corrected chi connectivity index (χ4v) is 13.1. The Kier molecular flexibility index (Phi) is 21.0. The van der Waals surface area contributed by atoms with Crippen LogP contribution in [0.3, 0.4) is 0 Å². The second-order valence-corrected chi connectivity index (χ2v) is 23.2. The van der Waals surface area contributed by atoms with E-state index in [2.05, 4.69) is 0 Å². The van der Waals surface area contributed by atoms with Gasteiger partial charge in [0.05, 0.1) is 13.2 Å². The second kappa shape index (κ2) is 30.0. The zero-order chi connectivity index (χ0) is 66.4. The van der Waals surface area contributed by atoms with Crippen LogP contribution in [-0.4, -0.2) is 104 Å². The Morgan fingerprint density at radius 2 is 0.568 bits per heavy atom. The molecule has 95 heavy (non-hydrogen) atoms. The SMILES string of the molecule is CC(=O)OC1C(COC(c2ccccc2)(c2ccccc2)c2ccccc2)OC(O[C@]2(COC(c3ccccc3)(c3ccccc3)c3ccccc3)O[C@H](COC(c3ccccc3)(c3ccccc3)c3ccccc3)[C@H](OC(C)=O)[C@H]2OC(C)=O)C(OC(C)=O)C1OC(C)=O. The summed E-state index contributed by atoms with van der Waals surface area (Å²) >= 11 is 0. The fraction of sp³-hybridized carbons (Fsp3) is 0.253. The molecule has 0 aliphatic carbocycles. The van der Waals surface area contributed by atoms with Gasteiger partial charge >= 0.3 is 29.8 Å². The van der Waals surface area contributed by atoms with Crippen LogP contribution in [0.1, 0.15) is 84.7 Å². The number of ether oxygens (including phenoxy) is 11. The summed E-state index contributed by atoms with van der Waals surface area (Å²) < 4.78 is 76.1. The van der Waals surface area contributed by atoms with Crippen LogP contribution in [0.25, 0.3) is 0 Å². The molecule has 2 saturated heterocycles. The number of hydrogen-bond donors (Lipinski definition) is 0. The smallest absolute Gasteiger partial charge is 0.303 e. The third-order valence-corrected chi connectivity index (χ3v) is 16.9. The van der Waals surface area contributed by atoms with Crippen LogP contribution in [0.15, 0.2) is 273 Å². The molecule has 0 aromatic heterocycles. The van der Waals surface area contributed by atoms with Crippen LogP contribution in [0.5, 0.6) is 0 Å². The van der Waals surface area contributed by atoms with Gasteiger partial charge in [-0.15, -0.1) is 0 Å². The highest BCUT2D eigenvalue weighted by Gasteiger charge is 2.65. The average Bonchev–Trinajstić information content (AvgIpc) is 1.72. The summed E-state index contributed by atoms with van der Waals surface area (Å²) in [7, 11) is 0.